The molecule has 0 spiro atoms. The van der Waals surface area contributed by atoms with Gasteiger partial charge in [0.15, 0.2) is 0 Å². The number of hydrogen-bond acceptors (Lipinski definition) is 3. The molecule has 0 bridgehead atoms. The summed E-state index contributed by atoms with van der Waals surface area (Å²) < 4.78 is 2.08. The van der Waals surface area contributed by atoms with Gasteiger partial charge in [0.25, 0.3) is 0 Å². The predicted octanol–water partition coefficient (Wildman–Crippen LogP) is 5.73. The first-order valence-electron chi connectivity index (χ1n) is 10.2. The van der Waals surface area contributed by atoms with E-state index < -0.39 is 0 Å². The molecule has 3 aromatic rings. The average molecular weight is 375 g/mol. The molecule has 0 N–H and O–H groups in total. The number of fused-ring (bicyclic) bond motifs is 5. The first-order chi connectivity index (χ1) is 13.3. The topological polar surface area (TPSA) is 34.0 Å². The van der Waals surface area contributed by atoms with E-state index >= 15 is 0 Å². The first kappa shape index (κ1) is 18.7. The summed E-state index contributed by atoms with van der Waals surface area (Å²) in [7, 11) is 0. The van der Waals surface area contributed by atoms with Crippen molar-refractivity contribution >= 4 is 5.69 Å². The second kappa shape index (κ2) is 6.77. The Morgan fingerprint density at radius 1 is 0.893 bits per heavy atom. The highest BCUT2D eigenvalue weighted by molar-refractivity contribution is 5.88. The molecule has 28 heavy (non-hydrogen) atoms. The molecule has 146 valence electrons. The fourth-order valence-corrected chi connectivity index (χ4v) is 3.98. The van der Waals surface area contributed by atoms with E-state index in [1.54, 1.807) is 0 Å². The van der Waals surface area contributed by atoms with Gasteiger partial charge in [-0.3, -0.25) is 0 Å². The molecule has 4 rings (SSSR count). The van der Waals surface area contributed by atoms with E-state index in [2.05, 4.69) is 110 Å². The highest BCUT2D eigenvalue weighted by Gasteiger charge is 2.31. The molecule has 1 aliphatic rings. The summed E-state index contributed by atoms with van der Waals surface area (Å²) in [6.45, 7) is 14.3. The van der Waals surface area contributed by atoms with Crippen molar-refractivity contribution < 1.29 is 0 Å². The Balaban J connectivity index is 2.06. The van der Waals surface area contributed by atoms with Crippen molar-refractivity contribution in [3.05, 3.63) is 54.1 Å². The van der Waals surface area contributed by atoms with Gasteiger partial charge in [0.2, 0.25) is 0 Å². The molecule has 1 unspecified atom stereocenters. The van der Waals surface area contributed by atoms with Crippen molar-refractivity contribution in [2.75, 3.05) is 4.90 Å². The Morgan fingerprint density at radius 3 is 2.21 bits per heavy atom. The molecule has 1 aliphatic heterocycles. The summed E-state index contributed by atoms with van der Waals surface area (Å²) in [5.74, 6) is 0.546. The largest absolute Gasteiger partial charge is 0.364 e. The molecule has 1 aromatic heterocycles. The van der Waals surface area contributed by atoms with Gasteiger partial charge < -0.3 is 4.90 Å². The summed E-state index contributed by atoms with van der Waals surface area (Å²) in [5.41, 5.74) is 6.89. The van der Waals surface area contributed by atoms with Gasteiger partial charge in [-0.15, -0.1) is 5.10 Å². The van der Waals surface area contributed by atoms with Crippen LogP contribution in [0.5, 0.6) is 0 Å². The lowest BCUT2D eigenvalue weighted by Crippen LogP contribution is -2.37. The molecule has 4 heteroatoms. The number of aromatic nitrogens is 3. The maximum atomic E-state index is 4.69. The van der Waals surface area contributed by atoms with Gasteiger partial charge in [-0.2, -0.15) is 0 Å². The molecular formula is C24H30N4. The maximum absolute atomic E-state index is 4.69. The zero-order valence-electron chi connectivity index (χ0n) is 17.8. The fourth-order valence-electron chi connectivity index (χ4n) is 3.98. The Morgan fingerprint density at radius 2 is 1.54 bits per heavy atom. The van der Waals surface area contributed by atoms with E-state index in [1.165, 1.54) is 16.8 Å². The van der Waals surface area contributed by atoms with Gasteiger partial charge in [0.05, 0.1) is 11.2 Å². The molecule has 4 nitrogen and oxygen atoms in total. The minimum Gasteiger partial charge on any atom is -0.364 e. The standard InChI is InChI=1S/C24H30N4/c1-16(2)17(3)27-15-18-11-7-8-12-19(18)23-22(20-13-9-10-14-21(20)27)25-26-28(23)24(4,5)6/h7-14,16-17H,15H2,1-6H3. The summed E-state index contributed by atoms with van der Waals surface area (Å²) in [4.78, 5) is 2.53. The van der Waals surface area contributed by atoms with Crippen molar-refractivity contribution in [2.45, 2.75) is 59.7 Å². The van der Waals surface area contributed by atoms with E-state index in [0.717, 1.165) is 23.5 Å². The average Bonchev–Trinajstić information content (AvgIpc) is 3.09. The molecule has 2 aromatic carbocycles. The van der Waals surface area contributed by atoms with Crippen molar-refractivity contribution in [1.29, 1.82) is 0 Å². The number of nitrogens with zero attached hydrogens (tertiary/aromatic N) is 4. The molecule has 0 aliphatic carbocycles. The number of anilines is 1. The van der Waals surface area contributed by atoms with Gasteiger partial charge in [-0.05, 0) is 45.2 Å². The Bertz CT molecular complexity index is 994. The van der Waals surface area contributed by atoms with Crippen LogP contribution in [-0.2, 0) is 12.1 Å². The van der Waals surface area contributed by atoms with Crippen LogP contribution in [0.25, 0.3) is 22.5 Å². The maximum Gasteiger partial charge on any atom is 0.123 e. The summed E-state index contributed by atoms with van der Waals surface area (Å²) in [6.07, 6.45) is 0. The molecule has 0 saturated heterocycles. The van der Waals surface area contributed by atoms with E-state index in [0.29, 0.717) is 12.0 Å². The highest BCUT2D eigenvalue weighted by Crippen LogP contribution is 2.43. The van der Waals surface area contributed by atoms with Gasteiger partial charge in [-0.25, -0.2) is 4.68 Å². The third-order valence-electron chi connectivity index (χ3n) is 5.84. The third-order valence-corrected chi connectivity index (χ3v) is 5.84. The molecule has 2 heterocycles. The lowest BCUT2D eigenvalue weighted by molar-refractivity contribution is 0.351. The van der Waals surface area contributed by atoms with Crippen LogP contribution in [-0.4, -0.2) is 21.0 Å². The van der Waals surface area contributed by atoms with E-state index in [4.69, 9.17) is 0 Å². The van der Waals surface area contributed by atoms with Crippen molar-refractivity contribution in [2.24, 2.45) is 5.92 Å². The lowest BCUT2D eigenvalue weighted by atomic mass is 9.92. The highest BCUT2D eigenvalue weighted by atomic mass is 15.5. The van der Waals surface area contributed by atoms with E-state index in [1.807, 2.05) is 0 Å². The third kappa shape index (κ3) is 3.01. The zero-order chi connectivity index (χ0) is 20.1. The van der Waals surface area contributed by atoms with Crippen LogP contribution in [0.3, 0.4) is 0 Å². The molecule has 0 saturated carbocycles. The van der Waals surface area contributed by atoms with Gasteiger partial charge >= 0.3 is 0 Å². The second-order valence-corrected chi connectivity index (χ2v) is 9.16. The Labute approximate surface area is 168 Å². The Hall–Kier alpha value is -2.62. The summed E-state index contributed by atoms with van der Waals surface area (Å²) in [5, 5.41) is 9.29. The SMILES string of the molecule is CC(C)C(C)N1Cc2ccccc2-c2c(nnn2C(C)(C)C)-c2ccccc21. The molecular weight excluding hydrogens is 344 g/mol. The lowest BCUT2D eigenvalue weighted by Gasteiger charge is -2.37. The van der Waals surface area contributed by atoms with E-state index in [9.17, 15) is 0 Å². The molecule has 0 amide bonds. The zero-order valence-corrected chi connectivity index (χ0v) is 17.8. The van der Waals surface area contributed by atoms with Crippen LogP contribution in [0.2, 0.25) is 0 Å². The van der Waals surface area contributed by atoms with Gasteiger partial charge in [0, 0.05) is 29.4 Å². The van der Waals surface area contributed by atoms with Crippen LogP contribution < -0.4 is 4.90 Å². The van der Waals surface area contributed by atoms with Crippen LogP contribution >= 0.6 is 0 Å². The molecule has 0 radical (unpaired) electrons. The van der Waals surface area contributed by atoms with Gasteiger partial charge in [0.1, 0.15) is 5.69 Å². The van der Waals surface area contributed by atoms with Crippen molar-refractivity contribution in [3.8, 4) is 22.5 Å². The number of para-hydroxylation sites is 1. The summed E-state index contributed by atoms with van der Waals surface area (Å²) >= 11 is 0. The van der Waals surface area contributed by atoms with Crippen LogP contribution in [0.1, 0.15) is 47.1 Å². The minimum absolute atomic E-state index is 0.146. The quantitative estimate of drug-likeness (QED) is 0.574. The fraction of sp³-hybridized carbons (Fsp3) is 0.417. The van der Waals surface area contributed by atoms with Crippen LogP contribution in [0.15, 0.2) is 48.5 Å². The second-order valence-electron chi connectivity index (χ2n) is 9.16. The Kier molecular flexibility index (Phi) is 4.53. The molecule has 0 fully saturated rings. The van der Waals surface area contributed by atoms with Gasteiger partial charge in [-0.1, -0.05) is 61.5 Å². The smallest absolute Gasteiger partial charge is 0.123 e. The number of rotatable bonds is 2. The van der Waals surface area contributed by atoms with Crippen molar-refractivity contribution in [3.63, 3.8) is 0 Å². The minimum atomic E-state index is -0.146. The predicted molar refractivity (Wildman–Crippen MR) is 116 cm³/mol. The van der Waals surface area contributed by atoms with Crippen molar-refractivity contribution in [1.82, 2.24) is 15.0 Å². The number of benzene rings is 2. The monoisotopic (exact) mass is 374 g/mol. The van der Waals surface area contributed by atoms with Crippen LogP contribution in [0, 0.1) is 5.92 Å². The van der Waals surface area contributed by atoms with Crippen LogP contribution in [0.4, 0.5) is 5.69 Å². The molecule has 1 atom stereocenters. The number of hydrogen-bond donors (Lipinski definition) is 0. The first-order valence-corrected chi connectivity index (χ1v) is 10.2. The summed E-state index contributed by atoms with van der Waals surface area (Å²) in [6, 6.07) is 17.8. The van der Waals surface area contributed by atoms with E-state index in [-0.39, 0.29) is 5.54 Å². The normalized spacial score (nSPS) is 14.8.